The lowest BCUT2D eigenvalue weighted by molar-refractivity contribution is -0.119. The van der Waals surface area contributed by atoms with E-state index in [4.69, 9.17) is 5.73 Å². The first kappa shape index (κ1) is 15.3. The monoisotopic (exact) mass is 286 g/mol. The smallest absolute Gasteiger partial charge is 0.240 e. The van der Waals surface area contributed by atoms with Crippen molar-refractivity contribution in [1.82, 2.24) is 5.32 Å². The van der Waals surface area contributed by atoms with Gasteiger partial charge in [0.25, 0.3) is 0 Å². The van der Waals surface area contributed by atoms with E-state index in [-0.39, 0.29) is 11.9 Å². The van der Waals surface area contributed by atoms with Crippen LogP contribution >= 0.6 is 0 Å². The number of nitriles is 1. The van der Waals surface area contributed by atoms with E-state index in [0.717, 1.165) is 50.1 Å². The lowest BCUT2D eigenvalue weighted by Gasteiger charge is -2.36. The molecule has 3 N–H and O–H groups in total. The second-order valence-electron chi connectivity index (χ2n) is 5.35. The molecule has 1 aromatic rings. The van der Waals surface area contributed by atoms with Gasteiger partial charge in [0.05, 0.1) is 11.3 Å². The quantitative estimate of drug-likeness (QED) is 0.859. The summed E-state index contributed by atoms with van der Waals surface area (Å²) in [4.78, 5) is 13.6. The average Bonchev–Trinajstić information content (AvgIpc) is 2.52. The van der Waals surface area contributed by atoms with Gasteiger partial charge in [-0.1, -0.05) is 13.0 Å². The summed E-state index contributed by atoms with van der Waals surface area (Å²) in [5.74, 6) is -0.310. The summed E-state index contributed by atoms with van der Waals surface area (Å²) in [5.41, 5.74) is 8.01. The number of amides is 1. The zero-order valence-electron chi connectivity index (χ0n) is 12.4. The summed E-state index contributed by atoms with van der Waals surface area (Å²) >= 11 is 0. The molecule has 1 heterocycles. The Kier molecular flexibility index (Phi) is 5.18. The molecule has 0 aliphatic carbocycles. The second kappa shape index (κ2) is 7.09. The van der Waals surface area contributed by atoms with Gasteiger partial charge in [0, 0.05) is 13.1 Å². The van der Waals surface area contributed by atoms with Crippen LogP contribution in [0.25, 0.3) is 0 Å². The first-order valence-electron chi connectivity index (χ1n) is 7.47. The molecule has 1 unspecified atom stereocenters. The zero-order valence-corrected chi connectivity index (χ0v) is 12.4. The van der Waals surface area contributed by atoms with E-state index in [1.165, 1.54) is 0 Å². The fourth-order valence-electron chi connectivity index (χ4n) is 2.82. The summed E-state index contributed by atoms with van der Waals surface area (Å²) in [7, 11) is 0. The molecule has 21 heavy (non-hydrogen) atoms. The number of nitrogens with zero attached hydrogens (tertiary/aromatic N) is 2. The molecular weight excluding hydrogens is 264 g/mol. The highest BCUT2D eigenvalue weighted by Crippen LogP contribution is 2.28. The van der Waals surface area contributed by atoms with Crippen LogP contribution in [-0.4, -0.2) is 25.0 Å². The SMILES string of the molecule is CCNCc1ccc(N2CCCCC2C(N)=O)c(C#N)c1. The van der Waals surface area contributed by atoms with Crippen LogP contribution in [0.4, 0.5) is 5.69 Å². The molecule has 1 aromatic carbocycles. The van der Waals surface area contributed by atoms with E-state index < -0.39 is 0 Å². The minimum absolute atomic E-state index is 0.300. The van der Waals surface area contributed by atoms with Crippen LogP contribution < -0.4 is 16.0 Å². The molecule has 1 fully saturated rings. The normalized spacial score (nSPS) is 18.3. The van der Waals surface area contributed by atoms with Gasteiger partial charge in [0.2, 0.25) is 5.91 Å². The number of carbonyl (C=O) groups excluding carboxylic acids is 1. The van der Waals surface area contributed by atoms with Gasteiger partial charge in [-0.3, -0.25) is 4.79 Å². The Morgan fingerprint density at radius 2 is 2.33 bits per heavy atom. The van der Waals surface area contributed by atoms with Crippen molar-refractivity contribution < 1.29 is 4.79 Å². The highest BCUT2D eigenvalue weighted by molar-refractivity contribution is 5.84. The van der Waals surface area contributed by atoms with Crippen molar-refractivity contribution in [1.29, 1.82) is 5.26 Å². The van der Waals surface area contributed by atoms with Crippen LogP contribution in [0.15, 0.2) is 18.2 Å². The third-order valence-corrected chi connectivity index (χ3v) is 3.90. The Labute approximate surface area is 125 Å². The predicted molar refractivity (Wildman–Crippen MR) is 82.7 cm³/mol. The number of piperidine rings is 1. The molecule has 2 rings (SSSR count). The van der Waals surface area contributed by atoms with E-state index >= 15 is 0 Å². The molecular formula is C16H22N4O. The van der Waals surface area contributed by atoms with Gasteiger partial charge >= 0.3 is 0 Å². The maximum atomic E-state index is 11.6. The van der Waals surface area contributed by atoms with E-state index in [1.54, 1.807) is 0 Å². The number of hydrogen-bond acceptors (Lipinski definition) is 4. The van der Waals surface area contributed by atoms with Crippen LogP contribution in [0.3, 0.4) is 0 Å². The molecule has 0 spiro atoms. The Balaban J connectivity index is 2.29. The molecule has 0 saturated carbocycles. The van der Waals surface area contributed by atoms with Gasteiger partial charge in [-0.25, -0.2) is 0 Å². The largest absolute Gasteiger partial charge is 0.368 e. The average molecular weight is 286 g/mol. The summed E-state index contributed by atoms with van der Waals surface area (Å²) < 4.78 is 0. The van der Waals surface area contributed by atoms with Gasteiger partial charge < -0.3 is 16.0 Å². The molecule has 0 radical (unpaired) electrons. The fourth-order valence-corrected chi connectivity index (χ4v) is 2.82. The summed E-state index contributed by atoms with van der Waals surface area (Å²) in [6.45, 7) is 4.45. The van der Waals surface area contributed by atoms with Crippen molar-refractivity contribution in [3.63, 3.8) is 0 Å². The standard InChI is InChI=1S/C16H22N4O/c1-2-19-11-12-6-7-14(13(9-12)10-17)20-8-4-3-5-15(20)16(18)21/h6-7,9,15,19H,2-5,8,11H2,1H3,(H2,18,21). The third kappa shape index (κ3) is 3.53. The van der Waals surface area contributed by atoms with Crippen LogP contribution in [-0.2, 0) is 11.3 Å². The number of rotatable bonds is 5. The van der Waals surface area contributed by atoms with Crippen molar-refractivity contribution in [2.75, 3.05) is 18.0 Å². The summed E-state index contributed by atoms with van der Waals surface area (Å²) in [5, 5.41) is 12.7. The molecule has 0 aromatic heterocycles. The van der Waals surface area contributed by atoms with E-state index in [9.17, 15) is 10.1 Å². The summed E-state index contributed by atoms with van der Waals surface area (Å²) in [6, 6.07) is 7.78. The Bertz CT molecular complexity index is 550. The number of nitrogens with one attached hydrogen (secondary N) is 1. The van der Waals surface area contributed by atoms with E-state index in [0.29, 0.717) is 5.56 Å². The topological polar surface area (TPSA) is 82.2 Å². The highest BCUT2D eigenvalue weighted by atomic mass is 16.1. The number of carbonyl (C=O) groups is 1. The molecule has 1 atom stereocenters. The molecule has 5 nitrogen and oxygen atoms in total. The number of benzene rings is 1. The van der Waals surface area contributed by atoms with Crippen LogP contribution in [0.1, 0.15) is 37.3 Å². The Morgan fingerprint density at radius 1 is 1.52 bits per heavy atom. The number of anilines is 1. The van der Waals surface area contributed by atoms with Gasteiger partial charge in [-0.2, -0.15) is 5.26 Å². The maximum Gasteiger partial charge on any atom is 0.240 e. The molecule has 5 heteroatoms. The number of nitrogens with two attached hydrogens (primary N) is 1. The fraction of sp³-hybridized carbons (Fsp3) is 0.500. The van der Waals surface area contributed by atoms with Gasteiger partial charge in [0.15, 0.2) is 0 Å². The van der Waals surface area contributed by atoms with Gasteiger partial charge in [0.1, 0.15) is 12.1 Å². The second-order valence-corrected chi connectivity index (χ2v) is 5.35. The lowest BCUT2D eigenvalue weighted by Crippen LogP contribution is -2.48. The minimum atomic E-state index is -0.310. The van der Waals surface area contributed by atoms with Crippen molar-refractivity contribution in [2.24, 2.45) is 5.73 Å². The van der Waals surface area contributed by atoms with Crippen LogP contribution in [0.2, 0.25) is 0 Å². The number of hydrogen-bond donors (Lipinski definition) is 2. The van der Waals surface area contributed by atoms with Crippen molar-refractivity contribution in [3.8, 4) is 6.07 Å². The van der Waals surface area contributed by atoms with E-state index in [1.807, 2.05) is 30.0 Å². The van der Waals surface area contributed by atoms with Crippen molar-refractivity contribution >= 4 is 11.6 Å². The lowest BCUT2D eigenvalue weighted by atomic mass is 9.98. The first-order chi connectivity index (χ1) is 10.2. The van der Waals surface area contributed by atoms with E-state index in [2.05, 4.69) is 11.4 Å². The highest BCUT2D eigenvalue weighted by Gasteiger charge is 2.28. The van der Waals surface area contributed by atoms with Gasteiger partial charge in [-0.15, -0.1) is 0 Å². The number of primary amides is 1. The van der Waals surface area contributed by atoms with Crippen molar-refractivity contribution in [2.45, 2.75) is 38.8 Å². The van der Waals surface area contributed by atoms with Crippen LogP contribution in [0.5, 0.6) is 0 Å². The molecule has 1 aliphatic rings. The molecule has 1 amide bonds. The molecule has 1 saturated heterocycles. The molecule has 112 valence electrons. The Morgan fingerprint density at radius 3 is 3.00 bits per heavy atom. The Hall–Kier alpha value is -2.06. The van der Waals surface area contributed by atoms with Crippen LogP contribution in [0, 0.1) is 11.3 Å². The maximum absolute atomic E-state index is 11.6. The van der Waals surface area contributed by atoms with Crippen molar-refractivity contribution in [3.05, 3.63) is 29.3 Å². The zero-order chi connectivity index (χ0) is 15.2. The minimum Gasteiger partial charge on any atom is -0.368 e. The third-order valence-electron chi connectivity index (χ3n) is 3.90. The molecule has 1 aliphatic heterocycles. The predicted octanol–water partition coefficient (Wildman–Crippen LogP) is 1.51. The first-order valence-corrected chi connectivity index (χ1v) is 7.47. The molecule has 0 bridgehead atoms. The van der Waals surface area contributed by atoms with Gasteiger partial charge in [-0.05, 0) is 43.5 Å². The summed E-state index contributed by atoms with van der Waals surface area (Å²) in [6.07, 6.45) is 2.79.